The molecule has 1 saturated heterocycles. The van der Waals surface area contributed by atoms with E-state index < -0.39 is 0 Å². The van der Waals surface area contributed by atoms with Gasteiger partial charge in [0.2, 0.25) is 0 Å². The molecule has 2 heteroatoms. The minimum absolute atomic E-state index is 0.562. The van der Waals surface area contributed by atoms with Crippen LogP contribution in [0.1, 0.15) is 17.2 Å². The van der Waals surface area contributed by atoms with Crippen LogP contribution in [0.15, 0.2) is 24.3 Å². The second kappa shape index (κ2) is 4.33. The van der Waals surface area contributed by atoms with E-state index in [1.165, 1.54) is 11.1 Å². The molecule has 1 heterocycles. The smallest absolute Gasteiger partial charge is 0.0394 e. The number of nitrogens with one attached hydrogen (secondary N) is 1. The summed E-state index contributed by atoms with van der Waals surface area (Å²) in [5, 5.41) is 3.35. The standard InChI is InChI=1S/C13H20N2/c1-10-4-6-11(7-5-10)13(15(2)3)12-8-14-9-12/h4-7,12-14H,8-9H2,1-3H3. The summed E-state index contributed by atoms with van der Waals surface area (Å²) in [5.41, 5.74) is 2.78. The van der Waals surface area contributed by atoms with Crippen molar-refractivity contribution in [3.63, 3.8) is 0 Å². The van der Waals surface area contributed by atoms with E-state index in [0.29, 0.717) is 6.04 Å². The Morgan fingerprint density at radius 2 is 1.80 bits per heavy atom. The zero-order valence-corrected chi connectivity index (χ0v) is 9.83. The molecule has 1 N–H and O–H groups in total. The molecule has 0 aromatic heterocycles. The molecule has 1 fully saturated rings. The molecule has 0 saturated carbocycles. The third-order valence-corrected chi connectivity index (χ3v) is 3.23. The van der Waals surface area contributed by atoms with E-state index in [0.717, 1.165) is 19.0 Å². The van der Waals surface area contributed by atoms with Gasteiger partial charge in [0.05, 0.1) is 0 Å². The summed E-state index contributed by atoms with van der Waals surface area (Å²) in [5.74, 6) is 0.766. The largest absolute Gasteiger partial charge is 0.316 e. The monoisotopic (exact) mass is 204 g/mol. The van der Waals surface area contributed by atoms with E-state index in [2.05, 4.69) is 55.5 Å². The Morgan fingerprint density at radius 3 is 2.20 bits per heavy atom. The zero-order valence-electron chi connectivity index (χ0n) is 9.83. The Bertz CT molecular complexity index is 312. The van der Waals surface area contributed by atoms with Crippen LogP contribution in [0.5, 0.6) is 0 Å². The van der Waals surface area contributed by atoms with E-state index in [4.69, 9.17) is 0 Å². The van der Waals surface area contributed by atoms with Gasteiger partial charge in [-0.05, 0) is 26.6 Å². The van der Waals surface area contributed by atoms with Gasteiger partial charge in [0.1, 0.15) is 0 Å². The molecule has 0 radical (unpaired) electrons. The van der Waals surface area contributed by atoms with Gasteiger partial charge in [-0.2, -0.15) is 0 Å². The van der Waals surface area contributed by atoms with Gasteiger partial charge in [-0.25, -0.2) is 0 Å². The first kappa shape index (κ1) is 10.7. The first-order chi connectivity index (χ1) is 7.18. The van der Waals surface area contributed by atoms with Crippen molar-refractivity contribution in [1.29, 1.82) is 0 Å². The van der Waals surface area contributed by atoms with Crippen LogP contribution in [0, 0.1) is 12.8 Å². The molecule has 1 aliphatic heterocycles. The van der Waals surface area contributed by atoms with E-state index >= 15 is 0 Å². The molecule has 15 heavy (non-hydrogen) atoms. The summed E-state index contributed by atoms with van der Waals surface area (Å²) in [6.07, 6.45) is 0. The van der Waals surface area contributed by atoms with E-state index in [-0.39, 0.29) is 0 Å². The minimum Gasteiger partial charge on any atom is -0.316 e. The second-order valence-electron chi connectivity index (χ2n) is 4.74. The molecule has 0 spiro atoms. The molecule has 0 bridgehead atoms. The normalized spacial score (nSPS) is 18.9. The van der Waals surface area contributed by atoms with Crippen molar-refractivity contribution < 1.29 is 0 Å². The first-order valence-electron chi connectivity index (χ1n) is 5.62. The molecule has 1 aromatic carbocycles. The van der Waals surface area contributed by atoms with Crippen LogP contribution in [0.3, 0.4) is 0 Å². The van der Waals surface area contributed by atoms with Gasteiger partial charge >= 0.3 is 0 Å². The van der Waals surface area contributed by atoms with Gasteiger partial charge < -0.3 is 10.2 Å². The van der Waals surface area contributed by atoms with Crippen LogP contribution in [-0.4, -0.2) is 32.1 Å². The summed E-state index contributed by atoms with van der Waals surface area (Å²) < 4.78 is 0. The highest BCUT2D eigenvalue weighted by Crippen LogP contribution is 2.29. The number of rotatable bonds is 3. The fourth-order valence-electron chi connectivity index (χ4n) is 2.29. The summed E-state index contributed by atoms with van der Waals surface area (Å²) in [7, 11) is 4.34. The molecule has 0 amide bonds. The van der Waals surface area contributed by atoms with Gasteiger partial charge in [0.25, 0.3) is 0 Å². The first-order valence-corrected chi connectivity index (χ1v) is 5.62. The molecular weight excluding hydrogens is 184 g/mol. The summed E-state index contributed by atoms with van der Waals surface area (Å²) >= 11 is 0. The topological polar surface area (TPSA) is 15.3 Å². The molecule has 2 rings (SSSR count). The molecule has 2 nitrogen and oxygen atoms in total. The number of aryl methyl sites for hydroxylation is 1. The van der Waals surface area contributed by atoms with Gasteiger partial charge in [-0.3, -0.25) is 0 Å². The van der Waals surface area contributed by atoms with Crippen LogP contribution in [0.2, 0.25) is 0 Å². The average molecular weight is 204 g/mol. The molecule has 1 atom stereocenters. The minimum atomic E-state index is 0.562. The summed E-state index contributed by atoms with van der Waals surface area (Å²) in [4.78, 5) is 2.33. The number of benzene rings is 1. The highest BCUT2D eigenvalue weighted by molar-refractivity contribution is 5.25. The van der Waals surface area contributed by atoms with Crippen molar-refractivity contribution >= 4 is 0 Å². The van der Waals surface area contributed by atoms with Crippen LogP contribution >= 0.6 is 0 Å². The Balaban J connectivity index is 2.19. The lowest BCUT2D eigenvalue weighted by molar-refractivity contribution is 0.161. The van der Waals surface area contributed by atoms with Crippen molar-refractivity contribution in [3.05, 3.63) is 35.4 Å². The lowest BCUT2D eigenvalue weighted by Crippen LogP contribution is -2.48. The molecular formula is C13H20N2. The zero-order chi connectivity index (χ0) is 10.8. The van der Waals surface area contributed by atoms with Crippen LogP contribution < -0.4 is 5.32 Å². The van der Waals surface area contributed by atoms with Gasteiger partial charge in [-0.15, -0.1) is 0 Å². The van der Waals surface area contributed by atoms with Crippen LogP contribution in [0.4, 0.5) is 0 Å². The predicted octanol–water partition coefficient (Wildman–Crippen LogP) is 1.82. The van der Waals surface area contributed by atoms with Crippen molar-refractivity contribution in [2.24, 2.45) is 5.92 Å². The second-order valence-corrected chi connectivity index (χ2v) is 4.74. The third-order valence-electron chi connectivity index (χ3n) is 3.23. The fraction of sp³-hybridized carbons (Fsp3) is 0.538. The number of hydrogen-bond donors (Lipinski definition) is 1. The summed E-state index contributed by atoms with van der Waals surface area (Å²) in [6, 6.07) is 9.50. The Morgan fingerprint density at radius 1 is 1.20 bits per heavy atom. The van der Waals surface area contributed by atoms with E-state index in [1.54, 1.807) is 0 Å². The van der Waals surface area contributed by atoms with E-state index in [1.807, 2.05) is 0 Å². The maximum Gasteiger partial charge on any atom is 0.0394 e. The molecule has 1 aliphatic rings. The quantitative estimate of drug-likeness (QED) is 0.808. The number of nitrogens with zero attached hydrogens (tertiary/aromatic N) is 1. The Labute approximate surface area is 92.3 Å². The van der Waals surface area contributed by atoms with Gasteiger partial charge in [-0.1, -0.05) is 29.8 Å². The number of hydrogen-bond acceptors (Lipinski definition) is 2. The predicted molar refractivity (Wildman–Crippen MR) is 64.0 cm³/mol. The molecule has 82 valence electrons. The van der Waals surface area contributed by atoms with Crippen LogP contribution in [-0.2, 0) is 0 Å². The Kier molecular flexibility index (Phi) is 3.08. The van der Waals surface area contributed by atoms with Crippen molar-refractivity contribution in [2.45, 2.75) is 13.0 Å². The lowest BCUT2D eigenvalue weighted by Gasteiger charge is -2.38. The van der Waals surface area contributed by atoms with Gasteiger partial charge in [0, 0.05) is 25.0 Å². The molecule has 1 aromatic rings. The Hall–Kier alpha value is -0.860. The summed E-state index contributed by atoms with van der Waals surface area (Å²) in [6.45, 7) is 4.44. The molecule has 1 unspecified atom stereocenters. The van der Waals surface area contributed by atoms with Crippen molar-refractivity contribution in [1.82, 2.24) is 10.2 Å². The maximum atomic E-state index is 3.35. The van der Waals surface area contributed by atoms with Gasteiger partial charge in [0.15, 0.2) is 0 Å². The third kappa shape index (κ3) is 2.21. The van der Waals surface area contributed by atoms with Crippen LogP contribution in [0.25, 0.3) is 0 Å². The SMILES string of the molecule is Cc1ccc(C(C2CNC2)N(C)C)cc1. The van der Waals surface area contributed by atoms with E-state index in [9.17, 15) is 0 Å². The highest BCUT2D eigenvalue weighted by Gasteiger charge is 2.29. The highest BCUT2D eigenvalue weighted by atomic mass is 15.1. The molecule has 0 aliphatic carbocycles. The van der Waals surface area contributed by atoms with Crippen molar-refractivity contribution in [3.8, 4) is 0 Å². The van der Waals surface area contributed by atoms with Crippen molar-refractivity contribution in [2.75, 3.05) is 27.2 Å². The maximum absolute atomic E-state index is 3.35. The lowest BCUT2D eigenvalue weighted by atomic mass is 9.87. The average Bonchev–Trinajstić information content (AvgIpc) is 2.12. The fourth-order valence-corrected chi connectivity index (χ4v) is 2.29.